The molecule has 0 radical (unpaired) electrons. The SMILES string of the molecule is CC(=O)c1ccc2c(c1)N(C(C)C(=O)N1CCNCC1)C(=O)CO2.Cl. The van der Waals surface area contributed by atoms with Crippen LogP contribution in [0, 0.1) is 0 Å². The molecule has 136 valence electrons. The Morgan fingerprint density at radius 1 is 1.24 bits per heavy atom. The topological polar surface area (TPSA) is 79.0 Å². The molecule has 0 spiro atoms. The van der Waals surface area contributed by atoms with Crippen molar-refractivity contribution in [1.29, 1.82) is 0 Å². The van der Waals surface area contributed by atoms with Crippen molar-refractivity contribution in [3.8, 4) is 5.75 Å². The largest absolute Gasteiger partial charge is 0.482 e. The number of Topliss-reactive ketones (excluding diaryl/α,β-unsaturated/α-hetero) is 1. The molecule has 1 fully saturated rings. The first kappa shape index (κ1) is 19.2. The Morgan fingerprint density at radius 2 is 1.92 bits per heavy atom. The fourth-order valence-electron chi connectivity index (χ4n) is 3.07. The van der Waals surface area contributed by atoms with E-state index < -0.39 is 6.04 Å². The standard InChI is InChI=1S/C17H21N3O4.ClH/c1-11(17(23)19-7-5-18-6-8-19)20-14-9-13(12(2)21)3-4-15(14)24-10-16(20)22;/h3-4,9,11,18H,5-8,10H2,1-2H3;1H. The van der Waals surface area contributed by atoms with Crippen LogP contribution in [0.4, 0.5) is 5.69 Å². The van der Waals surface area contributed by atoms with Gasteiger partial charge in [-0.05, 0) is 32.0 Å². The van der Waals surface area contributed by atoms with Crippen LogP contribution in [0.5, 0.6) is 5.75 Å². The maximum Gasteiger partial charge on any atom is 0.265 e. The number of amides is 2. The minimum Gasteiger partial charge on any atom is -0.482 e. The second-order valence-corrected chi connectivity index (χ2v) is 6.04. The minimum absolute atomic E-state index is 0. The summed E-state index contributed by atoms with van der Waals surface area (Å²) in [6, 6.07) is 4.32. The fourth-order valence-corrected chi connectivity index (χ4v) is 3.07. The second-order valence-electron chi connectivity index (χ2n) is 6.04. The monoisotopic (exact) mass is 367 g/mol. The van der Waals surface area contributed by atoms with Crippen molar-refractivity contribution in [3.05, 3.63) is 23.8 Å². The number of halogens is 1. The number of hydrogen-bond acceptors (Lipinski definition) is 5. The highest BCUT2D eigenvalue weighted by Crippen LogP contribution is 2.34. The first-order chi connectivity index (χ1) is 11.5. The lowest BCUT2D eigenvalue weighted by atomic mass is 10.1. The van der Waals surface area contributed by atoms with Gasteiger partial charge in [-0.2, -0.15) is 0 Å². The first-order valence-electron chi connectivity index (χ1n) is 8.08. The molecule has 2 aliphatic rings. The summed E-state index contributed by atoms with van der Waals surface area (Å²) in [6.07, 6.45) is 0. The molecule has 3 rings (SSSR count). The summed E-state index contributed by atoms with van der Waals surface area (Å²) >= 11 is 0. The Morgan fingerprint density at radius 3 is 2.56 bits per heavy atom. The number of carbonyl (C=O) groups excluding carboxylic acids is 3. The summed E-state index contributed by atoms with van der Waals surface area (Å²) in [5.74, 6) is 0.0431. The average molecular weight is 368 g/mol. The molecule has 1 N–H and O–H groups in total. The minimum atomic E-state index is -0.638. The average Bonchev–Trinajstić information content (AvgIpc) is 2.60. The molecule has 1 atom stereocenters. The van der Waals surface area contributed by atoms with Crippen LogP contribution in [-0.2, 0) is 9.59 Å². The van der Waals surface area contributed by atoms with Crippen LogP contribution < -0.4 is 15.0 Å². The zero-order valence-electron chi connectivity index (χ0n) is 14.3. The van der Waals surface area contributed by atoms with Crippen molar-refractivity contribution in [2.75, 3.05) is 37.7 Å². The van der Waals surface area contributed by atoms with Crippen LogP contribution in [-0.4, -0.2) is 61.3 Å². The summed E-state index contributed by atoms with van der Waals surface area (Å²) < 4.78 is 5.44. The zero-order valence-corrected chi connectivity index (χ0v) is 15.1. The van der Waals surface area contributed by atoms with E-state index in [-0.39, 0.29) is 36.6 Å². The molecule has 2 amide bonds. The summed E-state index contributed by atoms with van der Waals surface area (Å²) in [5, 5.41) is 3.20. The van der Waals surface area contributed by atoms with Gasteiger partial charge in [0.2, 0.25) is 5.91 Å². The van der Waals surface area contributed by atoms with Crippen molar-refractivity contribution in [1.82, 2.24) is 10.2 Å². The Balaban J connectivity index is 0.00000225. The van der Waals surface area contributed by atoms with Crippen molar-refractivity contribution >= 4 is 35.7 Å². The van der Waals surface area contributed by atoms with Crippen LogP contribution in [0.25, 0.3) is 0 Å². The molecule has 0 saturated carbocycles. The molecule has 1 aromatic rings. The third-order valence-corrected chi connectivity index (χ3v) is 4.42. The van der Waals surface area contributed by atoms with Gasteiger partial charge in [-0.15, -0.1) is 12.4 Å². The van der Waals surface area contributed by atoms with Crippen LogP contribution in [0.3, 0.4) is 0 Å². The quantitative estimate of drug-likeness (QED) is 0.801. The molecule has 0 bridgehead atoms. The van der Waals surface area contributed by atoms with Gasteiger partial charge in [0.1, 0.15) is 11.8 Å². The van der Waals surface area contributed by atoms with E-state index in [9.17, 15) is 14.4 Å². The van der Waals surface area contributed by atoms with E-state index in [1.54, 1.807) is 30.0 Å². The molecule has 0 aliphatic carbocycles. The van der Waals surface area contributed by atoms with Crippen molar-refractivity contribution in [3.63, 3.8) is 0 Å². The smallest absolute Gasteiger partial charge is 0.265 e. The predicted octanol–water partition coefficient (Wildman–Crippen LogP) is 0.857. The molecule has 7 nitrogen and oxygen atoms in total. The number of piperazine rings is 1. The lowest BCUT2D eigenvalue weighted by Crippen LogP contribution is -2.56. The normalized spacial score (nSPS) is 17.9. The number of fused-ring (bicyclic) bond motifs is 1. The summed E-state index contributed by atoms with van der Waals surface area (Å²) in [6.45, 7) is 5.83. The number of ketones is 1. The molecule has 0 aromatic heterocycles. The van der Waals surface area contributed by atoms with Gasteiger partial charge in [0.05, 0.1) is 5.69 Å². The van der Waals surface area contributed by atoms with Gasteiger partial charge in [0.25, 0.3) is 5.91 Å². The molecule has 2 aliphatic heterocycles. The molecule has 2 heterocycles. The second kappa shape index (κ2) is 7.84. The number of anilines is 1. The van der Waals surface area contributed by atoms with E-state index in [0.717, 1.165) is 13.1 Å². The first-order valence-corrected chi connectivity index (χ1v) is 8.08. The van der Waals surface area contributed by atoms with E-state index in [2.05, 4.69) is 5.32 Å². The lowest BCUT2D eigenvalue weighted by Gasteiger charge is -2.37. The summed E-state index contributed by atoms with van der Waals surface area (Å²) in [5.41, 5.74) is 0.966. The molecule has 1 saturated heterocycles. The maximum absolute atomic E-state index is 12.8. The predicted molar refractivity (Wildman–Crippen MR) is 95.6 cm³/mol. The van der Waals surface area contributed by atoms with Gasteiger partial charge in [-0.1, -0.05) is 0 Å². The van der Waals surface area contributed by atoms with Gasteiger partial charge in [0, 0.05) is 31.7 Å². The zero-order chi connectivity index (χ0) is 17.3. The maximum atomic E-state index is 12.8. The summed E-state index contributed by atoms with van der Waals surface area (Å²) in [7, 11) is 0. The highest BCUT2D eigenvalue weighted by atomic mass is 35.5. The molecule has 25 heavy (non-hydrogen) atoms. The van der Waals surface area contributed by atoms with Gasteiger partial charge >= 0.3 is 0 Å². The van der Waals surface area contributed by atoms with Crippen LogP contribution in [0.15, 0.2) is 18.2 Å². The Labute approximate surface area is 152 Å². The van der Waals surface area contributed by atoms with Gasteiger partial charge in [-0.25, -0.2) is 0 Å². The lowest BCUT2D eigenvalue weighted by molar-refractivity contribution is -0.135. The van der Waals surface area contributed by atoms with Crippen LogP contribution in [0.1, 0.15) is 24.2 Å². The number of benzene rings is 1. The van der Waals surface area contributed by atoms with Gasteiger partial charge in [0.15, 0.2) is 12.4 Å². The summed E-state index contributed by atoms with van der Waals surface area (Å²) in [4.78, 5) is 40.0. The van der Waals surface area contributed by atoms with Crippen molar-refractivity contribution in [2.45, 2.75) is 19.9 Å². The fraction of sp³-hybridized carbons (Fsp3) is 0.471. The molecule has 8 heteroatoms. The van der Waals surface area contributed by atoms with Crippen LogP contribution in [0.2, 0.25) is 0 Å². The highest BCUT2D eigenvalue weighted by Gasteiger charge is 2.35. The van der Waals surface area contributed by atoms with E-state index in [1.165, 1.54) is 11.8 Å². The Kier molecular flexibility index (Phi) is 6.02. The van der Waals surface area contributed by atoms with E-state index in [4.69, 9.17) is 4.74 Å². The molecular weight excluding hydrogens is 346 g/mol. The number of nitrogens with one attached hydrogen (secondary N) is 1. The number of hydrogen-bond donors (Lipinski definition) is 1. The van der Waals surface area contributed by atoms with E-state index in [0.29, 0.717) is 30.1 Å². The third kappa shape index (κ3) is 3.77. The van der Waals surface area contributed by atoms with Crippen molar-refractivity contribution in [2.24, 2.45) is 0 Å². The third-order valence-electron chi connectivity index (χ3n) is 4.42. The van der Waals surface area contributed by atoms with Gasteiger partial charge in [-0.3, -0.25) is 19.3 Å². The van der Waals surface area contributed by atoms with Gasteiger partial charge < -0.3 is 15.0 Å². The number of ether oxygens (including phenoxy) is 1. The number of nitrogens with zero attached hydrogens (tertiary/aromatic N) is 2. The van der Waals surface area contributed by atoms with E-state index >= 15 is 0 Å². The number of rotatable bonds is 3. The van der Waals surface area contributed by atoms with Crippen molar-refractivity contribution < 1.29 is 19.1 Å². The Bertz CT molecular complexity index is 688. The Hall–Kier alpha value is -2.12. The van der Waals surface area contributed by atoms with E-state index in [1.807, 2.05) is 0 Å². The molecule has 1 unspecified atom stereocenters. The molecular formula is C17H22ClN3O4. The highest BCUT2D eigenvalue weighted by molar-refractivity contribution is 6.05. The number of carbonyl (C=O) groups is 3. The molecule has 1 aromatic carbocycles. The van der Waals surface area contributed by atoms with Crippen LogP contribution >= 0.6 is 12.4 Å².